The number of nitrogens with one attached hydrogen (secondary N) is 2. The van der Waals surface area contributed by atoms with Crippen LogP contribution in [0.1, 0.15) is 25.3 Å². The Labute approximate surface area is 143 Å². The molecule has 6 nitrogen and oxygen atoms in total. The molecule has 0 radical (unpaired) electrons. The molecule has 1 aromatic rings. The number of benzene rings is 1. The van der Waals surface area contributed by atoms with Crippen molar-refractivity contribution in [3.8, 4) is 0 Å². The van der Waals surface area contributed by atoms with E-state index in [-0.39, 0.29) is 11.9 Å². The van der Waals surface area contributed by atoms with Gasteiger partial charge in [-0.3, -0.25) is 9.69 Å². The third-order valence-electron chi connectivity index (χ3n) is 4.42. The summed E-state index contributed by atoms with van der Waals surface area (Å²) >= 11 is 0. The van der Waals surface area contributed by atoms with Gasteiger partial charge in [0.1, 0.15) is 0 Å². The molecule has 0 aromatic heterocycles. The number of rotatable bonds is 4. The molecular weight excluding hydrogens is 306 g/mol. The lowest BCUT2D eigenvalue weighted by atomic mass is 10.1. The van der Waals surface area contributed by atoms with E-state index in [0.29, 0.717) is 19.6 Å². The average molecular weight is 335 g/mol. The molecule has 6 heteroatoms. The SMILES string of the molecule is C1CCNC1.CC(=O)NC[C@H]1[C@@H](O)[C@@H](O)CN1Cc1ccccc1. The second kappa shape index (κ2) is 9.74. The second-order valence-electron chi connectivity index (χ2n) is 6.43. The smallest absolute Gasteiger partial charge is 0.216 e. The first kappa shape index (κ1) is 18.9. The van der Waals surface area contributed by atoms with Crippen molar-refractivity contribution in [1.82, 2.24) is 15.5 Å². The summed E-state index contributed by atoms with van der Waals surface area (Å²) in [4.78, 5) is 13.0. The van der Waals surface area contributed by atoms with Gasteiger partial charge in [0.25, 0.3) is 0 Å². The van der Waals surface area contributed by atoms with E-state index >= 15 is 0 Å². The zero-order valence-corrected chi connectivity index (χ0v) is 14.3. The van der Waals surface area contributed by atoms with E-state index in [4.69, 9.17) is 0 Å². The molecule has 2 aliphatic heterocycles. The third kappa shape index (κ3) is 5.87. The lowest BCUT2D eigenvalue weighted by molar-refractivity contribution is -0.119. The molecule has 0 spiro atoms. The van der Waals surface area contributed by atoms with E-state index in [1.807, 2.05) is 35.2 Å². The summed E-state index contributed by atoms with van der Waals surface area (Å²) in [5.41, 5.74) is 1.12. The van der Waals surface area contributed by atoms with Crippen molar-refractivity contribution in [2.75, 3.05) is 26.2 Å². The van der Waals surface area contributed by atoms with Gasteiger partial charge in [-0.1, -0.05) is 30.3 Å². The van der Waals surface area contributed by atoms with Crippen molar-refractivity contribution in [2.45, 2.75) is 44.6 Å². The Kier molecular flexibility index (Phi) is 7.65. The molecular formula is C18H29N3O3. The number of hydrogen-bond donors (Lipinski definition) is 4. The Bertz CT molecular complexity index is 486. The number of carbonyl (C=O) groups excluding carboxylic acids is 1. The van der Waals surface area contributed by atoms with E-state index < -0.39 is 12.2 Å². The fourth-order valence-electron chi connectivity index (χ4n) is 3.08. The van der Waals surface area contributed by atoms with Gasteiger partial charge in [-0.2, -0.15) is 0 Å². The molecule has 3 rings (SSSR count). The number of aliphatic hydroxyl groups excluding tert-OH is 2. The van der Waals surface area contributed by atoms with Crippen LogP contribution in [-0.4, -0.2) is 65.4 Å². The summed E-state index contributed by atoms with van der Waals surface area (Å²) < 4.78 is 0. The van der Waals surface area contributed by atoms with Crippen molar-refractivity contribution in [1.29, 1.82) is 0 Å². The molecule has 134 valence electrons. The minimum atomic E-state index is -0.824. The quantitative estimate of drug-likeness (QED) is 0.627. The highest BCUT2D eigenvalue weighted by Gasteiger charge is 2.39. The van der Waals surface area contributed by atoms with Gasteiger partial charge in [0.05, 0.1) is 18.2 Å². The predicted octanol–water partition coefficient (Wildman–Crippen LogP) is 0.0985. The monoisotopic (exact) mass is 335 g/mol. The maximum absolute atomic E-state index is 11.0. The Morgan fingerprint density at radius 1 is 1.25 bits per heavy atom. The zero-order valence-electron chi connectivity index (χ0n) is 14.3. The van der Waals surface area contributed by atoms with Gasteiger partial charge in [-0.05, 0) is 31.5 Å². The summed E-state index contributed by atoms with van der Waals surface area (Å²) in [6, 6.07) is 9.63. The Hall–Kier alpha value is -1.47. The third-order valence-corrected chi connectivity index (χ3v) is 4.42. The molecule has 0 saturated carbocycles. The zero-order chi connectivity index (χ0) is 17.4. The molecule has 0 unspecified atom stereocenters. The average Bonchev–Trinajstić information content (AvgIpc) is 3.21. The van der Waals surface area contributed by atoms with Gasteiger partial charge < -0.3 is 20.8 Å². The minimum Gasteiger partial charge on any atom is -0.389 e. The Morgan fingerprint density at radius 2 is 1.92 bits per heavy atom. The van der Waals surface area contributed by atoms with Crippen LogP contribution in [0.15, 0.2) is 30.3 Å². The lowest BCUT2D eigenvalue weighted by Crippen LogP contribution is -2.44. The summed E-state index contributed by atoms with van der Waals surface area (Å²) in [5.74, 6) is -0.131. The van der Waals surface area contributed by atoms with Crippen LogP contribution in [0.5, 0.6) is 0 Å². The first-order chi connectivity index (χ1) is 11.6. The number of hydrogen-bond acceptors (Lipinski definition) is 5. The fraction of sp³-hybridized carbons (Fsp3) is 0.611. The maximum atomic E-state index is 11.0. The van der Waals surface area contributed by atoms with Crippen LogP contribution < -0.4 is 10.6 Å². The van der Waals surface area contributed by atoms with Crippen LogP contribution in [0.25, 0.3) is 0 Å². The number of amides is 1. The number of carbonyl (C=O) groups is 1. The van der Waals surface area contributed by atoms with Crippen molar-refractivity contribution in [3.63, 3.8) is 0 Å². The van der Waals surface area contributed by atoms with Gasteiger partial charge in [-0.25, -0.2) is 0 Å². The summed E-state index contributed by atoms with van der Waals surface area (Å²) in [5, 5.41) is 25.7. The van der Waals surface area contributed by atoms with E-state index in [1.165, 1.54) is 32.9 Å². The molecule has 0 aliphatic carbocycles. The van der Waals surface area contributed by atoms with E-state index in [0.717, 1.165) is 5.56 Å². The van der Waals surface area contributed by atoms with E-state index in [9.17, 15) is 15.0 Å². The largest absolute Gasteiger partial charge is 0.389 e. The first-order valence-electron chi connectivity index (χ1n) is 8.67. The molecule has 1 amide bonds. The van der Waals surface area contributed by atoms with Crippen LogP contribution in [-0.2, 0) is 11.3 Å². The standard InChI is InChI=1S/C14H20N2O3.C4H9N/c1-10(17)15-7-12-14(19)13(18)9-16(12)8-11-5-3-2-4-6-11;1-2-4-5-3-1/h2-6,12-14,18-19H,7-9H2,1H3,(H,15,17);5H,1-4H2/t12-,13-,14+;/m0./s1. The predicted molar refractivity (Wildman–Crippen MR) is 93.4 cm³/mol. The van der Waals surface area contributed by atoms with Crippen molar-refractivity contribution in [2.24, 2.45) is 0 Å². The van der Waals surface area contributed by atoms with Crippen LogP contribution in [0.4, 0.5) is 0 Å². The topological polar surface area (TPSA) is 84.8 Å². The molecule has 4 N–H and O–H groups in total. The fourth-order valence-corrected chi connectivity index (χ4v) is 3.08. The van der Waals surface area contributed by atoms with E-state index in [1.54, 1.807) is 0 Å². The van der Waals surface area contributed by atoms with Gasteiger partial charge >= 0.3 is 0 Å². The normalized spacial score (nSPS) is 26.7. The van der Waals surface area contributed by atoms with Gasteiger partial charge in [0.15, 0.2) is 0 Å². The molecule has 0 bridgehead atoms. The highest BCUT2D eigenvalue weighted by atomic mass is 16.3. The molecule has 24 heavy (non-hydrogen) atoms. The van der Waals surface area contributed by atoms with Gasteiger partial charge in [0.2, 0.25) is 5.91 Å². The van der Waals surface area contributed by atoms with Crippen molar-refractivity contribution < 1.29 is 15.0 Å². The first-order valence-corrected chi connectivity index (χ1v) is 8.67. The van der Waals surface area contributed by atoms with Crippen molar-refractivity contribution >= 4 is 5.91 Å². The molecule has 2 fully saturated rings. The molecule has 3 atom stereocenters. The second-order valence-corrected chi connectivity index (χ2v) is 6.43. The maximum Gasteiger partial charge on any atom is 0.216 e. The number of likely N-dealkylation sites (tertiary alicyclic amines) is 1. The highest BCUT2D eigenvalue weighted by molar-refractivity contribution is 5.72. The number of nitrogens with zero attached hydrogens (tertiary/aromatic N) is 1. The van der Waals surface area contributed by atoms with E-state index in [2.05, 4.69) is 10.6 Å². The van der Waals surface area contributed by atoms with Gasteiger partial charge in [-0.15, -0.1) is 0 Å². The van der Waals surface area contributed by atoms with Crippen LogP contribution in [0.3, 0.4) is 0 Å². The molecule has 2 saturated heterocycles. The number of aliphatic hydroxyl groups is 2. The summed E-state index contributed by atoms with van der Waals surface area (Å²) in [7, 11) is 0. The summed E-state index contributed by atoms with van der Waals surface area (Å²) in [6.45, 7) is 5.36. The minimum absolute atomic E-state index is 0.131. The van der Waals surface area contributed by atoms with Crippen molar-refractivity contribution in [3.05, 3.63) is 35.9 Å². The molecule has 1 aromatic carbocycles. The highest BCUT2D eigenvalue weighted by Crippen LogP contribution is 2.20. The Morgan fingerprint density at radius 3 is 2.46 bits per heavy atom. The molecule has 2 heterocycles. The van der Waals surface area contributed by atoms with Crippen LogP contribution in [0, 0.1) is 0 Å². The van der Waals surface area contributed by atoms with Crippen LogP contribution >= 0.6 is 0 Å². The summed E-state index contributed by atoms with van der Waals surface area (Å²) in [6.07, 6.45) is 1.19. The molecule has 2 aliphatic rings. The Balaban J connectivity index is 0.000000355. The van der Waals surface area contributed by atoms with Gasteiger partial charge in [0, 0.05) is 26.6 Å². The van der Waals surface area contributed by atoms with Crippen LogP contribution in [0.2, 0.25) is 0 Å². The lowest BCUT2D eigenvalue weighted by Gasteiger charge is -2.25. The number of β-amino-alcohol motifs (C(OH)–C–C–N with tert-alkyl or cyclic N) is 1.